The van der Waals surface area contributed by atoms with Crippen LogP contribution in [0.15, 0.2) is 12.2 Å². The van der Waals surface area contributed by atoms with Gasteiger partial charge in [0.1, 0.15) is 11.9 Å². The van der Waals surface area contributed by atoms with Gasteiger partial charge in [0, 0.05) is 12.5 Å². The molecule has 0 spiro atoms. The minimum Gasteiger partial charge on any atom is -0.463 e. The summed E-state index contributed by atoms with van der Waals surface area (Å²) in [6, 6.07) is 0. The van der Waals surface area contributed by atoms with Crippen LogP contribution in [0.25, 0.3) is 0 Å². The van der Waals surface area contributed by atoms with Crippen molar-refractivity contribution in [3.63, 3.8) is 0 Å². The van der Waals surface area contributed by atoms with Crippen molar-refractivity contribution < 1.29 is 27.9 Å². The van der Waals surface area contributed by atoms with E-state index in [2.05, 4.69) is 0 Å². The molecule has 0 aliphatic carbocycles. The minimum absolute atomic E-state index is 0.181. The molecule has 0 aliphatic heterocycles. The maximum absolute atomic E-state index is 12.1. The molecule has 0 bridgehead atoms. The number of ether oxygens (including phenoxy) is 1. The Morgan fingerprint density at radius 1 is 1.05 bits per heavy atom. The average molecular weight is 306 g/mol. The van der Waals surface area contributed by atoms with Gasteiger partial charge < -0.3 is 13.8 Å². The first kappa shape index (κ1) is 19.0. The Balaban J connectivity index is 4.15. The van der Waals surface area contributed by atoms with Crippen LogP contribution in [-0.4, -0.2) is 37.7 Å². The zero-order valence-corrected chi connectivity index (χ0v) is 13.2. The molecular weight excluding hydrogens is 283 g/mol. The number of carbonyl (C=O) groups excluding carboxylic acids is 2. The molecule has 0 heterocycles. The number of Topliss-reactive ketones (excluding diaryl/α,β-unsaturated/α-hetero) is 1. The van der Waals surface area contributed by atoms with E-state index in [-0.39, 0.29) is 31.6 Å². The summed E-state index contributed by atoms with van der Waals surface area (Å²) in [5, 5.41) is 0. The molecule has 0 radical (unpaired) electrons. The zero-order chi connectivity index (χ0) is 15.4. The summed E-state index contributed by atoms with van der Waals surface area (Å²) < 4.78 is 26.9. The molecule has 0 atom stereocenters. The normalized spacial score (nSPS) is 11.8. The van der Waals surface area contributed by atoms with Gasteiger partial charge in [-0.2, -0.15) is 0 Å². The van der Waals surface area contributed by atoms with Gasteiger partial charge in [-0.15, -0.1) is 0 Å². The summed E-state index contributed by atoms with van der Waals surface area (Å²) in [4.78, 5) is 22.7. The Morgan fingerprint density at radius 2 is 1.65 bits per heavy atom. The second-order valence-electron chi connectivity index (χ2n) is 3.84. The molecule has 0 unspecified atom stereocenters. The third-order valence-corrected chi connectivity index (χ3v) is 4.20. The van der Waals surface area contributed by atoms with E-state index in [1.54, 1.807) is 26.8 Å². The van der Waals surface area contributed by atoms with Crippen LogP contribution >= 0.6 is 7.60 Å². The van der Waals surface area contributed by atoms with Crippen LogP contribution in [0.4, 0.5) is 0 Å². The van der Waals surface area contributed by atoms with E-state index >= 15 is 0 Å². The largest absolute Gasteiger partial charge is 0.463 e. The Morgan fingerprint density at radius 3 is 2.15 bits per heavy atom. The molecule has 0 aromatic rings. The Hall–Kier alpha value is -0.970. The van der Waals surface area contributed by atoms with Crippen molar-refractivity contribution in [3.8, 4) is 0 Å². The Bertz CT molecular complexity index is 367. The molecule has 0 rings (SSSR count). The van der Waals surface area contributed by atoms with Crippen molar-refractivity contribution in [1.82, 2.24) is 0 Å². The van der Waals surface area contributed by atoms with E-state index in [4.69, 9.17) is 13.8 Å². The highest BCUT2D eigenvalue weighted by molar-refractivity contribution is 7.54. The average Bonchev–Trinajstić information content (AvgIpc) is 2.35. The van der Waals surface area contributed by atoms with Crippen LogP contribution in [0.2, 0.25) is 0 Å². The molecule has 0 aromatic carbocycles. The fraction of sp³-hybridized carbons (Fsp3) is 0.692. The Kier molecular flexibility index (Phi) is 10.3. The lowest BCUT2D eigenvalue weighted by atomic mass is 10.2. The van der Waals surface area contributed by atoms with Gasteiger partial charge in [-0.05, 0) is 27.2 Å². The van der Waals surface area contributed by atoms with Gasteiger partial charge in [0.05, 0.1) is 19.8 Å². The van der Waals surface area contributed by atoms with Gasteiger partial charge >= 0.3 is 13.6 Å². The van der Waals surface area contributed by atoms with Crippen molar-refractivity contribution in [2.75, 3.05) is 26.0 Å². The van der Waals surface area contributed by atoms with Crippen LogP contribution in [0.5, 0.6) is 0 Å². The number of esters is 1. The summed E-state index contributed by atoms with van der Waals surface area (Å²) in [6.07, 6.45) is 3.17. The predicted molar refractivity (Wildman–Crippen MR) is 75.7 cm³/mol. The number of hydrogen-bond acceptors (Lipinski definition) is 6. The SMILES string of the molecule is CCOC(=O)/C=C/CCC(=O)CP(=O)(OCC)OCC. The van der Waals surface area contributed by atoms with Crippen LogP contribution in [0, 0.1) is 0 Å². The molecule has 7 heteroatoms. The van der Waals surface area contributed by atoms with Crippen molar-refractivity contribution in [2.45, 2.75) is 33.6 Å². The first-order chi connectivity index (χ1) is 9.47. The fourth-order valence-electron chi connectivity index (χ4n) is 1.43. The maximum atomic E-state index is 12.1. The molecule has 6 nitrogen and oxygen atoms in total. The topological polar surface area (TPSA) is 78.9 Å². The lowest BCUT2D eigenvalue weighted by molar-refractivity contribution is -0.137. The highest BCUT2D eigenvalue weighted by Crippen LogP contribution is 2.47. The minimum atomic E-state index is -3.32. The van der Waals surface area contributed by atoms with E-state index in [1.165, 1.54) is 6.08 Å². The summed E-state index contributed by atoms with van der Waals surface area (Å²) in [5.41, 5.74) is 0. The van der Waals surface area contributed by atoms with Crippen molar-refractivity contribution >= 4 is 19.3 Å². The Labute approximate surface area is 120 Å². The first-order valence-corrected chi connectivity index (χ1v) is 8.43. The second-order valence-corrected chi connectivity index (χ2v) is 5.89. The molecule has 0 amide bonds. The third kappa shape index (κ3) is 9.02. The van der Waals surface area contributed by atoms with E-state index in [0.29, 0.717) is 13.0 Å². The van der Waals surface area contributed by atoms with Gasteiger partial charge in [-0.3, -0.25) is 9.36 Å². The van der Waals surface area contributed by atoms with E-state index in [0.717, 1.165) is 0 Å². The number of ketones is 1. The smallest absolute Gasteiger partial charge is 0.338 e. The molecule has 0 aromatic heterocycles. The molecule has 0 saturated carbocycles. The van der Waals surface area contributed by atoms with E-state index in [9.17, 15) is 14.2 Å². The molecular formula is C13H23O6P. The summed E-state index contributed by atoms with van der Waals surface area (Å²) in [6.45, 7) is 5.87. The second kappa shape index (κ2) is 10.8. The van der Waals surface area contributed by atoms with Gasteiger partial charge in [-0.25, -0.2) is 4.79 Å². The molecule has 20 heavy (non-hydrogen) atoms. The van der Waals surface area contributed by atoms with Crippen LogP contribution < -0.4 is 0 Å². The van der Waals surface area contributed by atoms with Crippen molar-refractivity contribution in [1.29, 1.82) is 0 Å². The predicted octanol–water partition coefficient (Wildman–Crippen LogP) is 2.72. The lowest BCUT2D eigenvalue weighted by Gasteiger charge is -2.15. The quantitative estimate of drug-likeness (QED) is 0.332. The van der Waals surface area contributed by atoms with Crippen LogP contribution in [0.3, 0.4) is 0 Å². The molecule has 0 aliphatic rings. The molecule has 0 N–H and O–H groups in total. The van der Waals surface area contributed by atoms with Gasteiger partial charge in [-0.1, -0.05) is 6.08 Å². The number of hydrogen-bond donors (Lipinski definition) is 0. The van der Waals surface area contributed by atoms with E-state index < -0.39 is 13.6 Å². The van der Waals surface area contributed by atoms with E-state index in [1.807, 2.05) is 0 Å². The number of allylic oxidation sites excluding steroid dienone is 1. The monoisotopic (exact) mass is 306 g/mol. The van der Waals surface area contributed by atoms with Crippen LogP contribution in [0.1, 0.15) is 33.6 Å². The lowest BCUT2D eigenvalue weighted by Crippen LogP contribution is -2.09. The fourth-order valence-corrected chi connectivity index (χ4v) is 3.07. The molecule has 0 fully saturated rings. The standard InChI is InChI=1S/C13H23O6P/c1-4-17-13(15)10-8-7-9-12(14)11-20(16,18-5-2)19-6-3/h8,10H,4-7,9,11H2,1-3H3/b10-8+. The molecule has 116 valence electrons. The highest BCUT2D eigenvalue weighted by atomic mass is 31.2. The van der Waals surface area contributed by atoms with Crippen LogP contribution in [-0.2, 0) is 27.9 Å². The van der Waals surface area contributed by atoms with Crippen molar-refractivity contribution in [3.05, 3.63) is 12.2 Å². The maximum Gasteiger partial charge on any atom is 0.338 e. The molecule has 0 saturated heterocycles. The van der Waals surface area contributed by atoms with Gasteiger partial charge in [0.2, 0.25) is 0 Å². The zero-order valence-electron chi connectivity index (χ0n) is 12.3. The first-order valence-electron chi connectivity index (χ1n) is 6.70. The van der Waals surface area contributed by atoms with Gasteiger partial charge in [0.25, 0.3) is 0 Å². The van der Waals surface area contributed by atoms with Gasteiger partial charge in [0.15, 0.2) is 0 Å². The highest BCUT2D eigenvalue weighted by Gasteiger charge is 2.26. The number of rotatable bonds is 11. The summed E-state index contributed by atoms with van der Waals surface area (Å²) in [5.74, 6) is -0.655. The third-order valence-electron chi connectivity index (χ3n) is 2.15. The summed E-state index contributed by atoms with van der Waals surface area (Å²) >= 11 is 0. The summed E-state index contributed by atoms with van der Waals surface area (Å²) in [7, 11) is -3.32. The van der Waals surface area contributed by atoms with Crippen molar-refractivity contribution in [2.24, 2.45) is 0 Å². The number of carbonyl (C=O) groups is 2.